The molecule has 1 aromatic rings. The highest BCUT2D eigenvalue weighted by molar-refractivity contribution is 6.31. The molecule has 0 aliphatic heterocycles. The molecule has 0 fully saturated rings. The summed E-state index contributed by atoms with van der Waals surface area (Å²) in [5.74, 6) is 0. The highest BCUT2D eigenvalue weighted by Gasteiger charge is 2.07. The molecule has 14 heavy (non-hydrogen) atoms. The molecule has 1 unspecified atom stereocenters. The van der Waals surface area contributed by atoms with E-state index in [4.69, 9.17) is 22.4 Å². The summed E-state index contributed by atoms with van der Waals surface area (Å²) in [6, 6.07) is 5.84. The molecule has 0 saturated heterocycles. The van der Waals surface area contributed by atoms with Crippen LogP contribution in [0.2, 0.25) is 5.02 Å². The zero-order chi connectivity index (χ0) is 10.6. The molecule has 1 rings (SSSR count). The van der Waals surface area contributed by atoms with Gasteiger partial charge in [0.15, 0.2) is 0 Å². The third-order valence-corrected chi connectivity index (χ3v) is 2.77. The summed E-state index contributed by atoms with van der Waals surface area (Å²) in [4.78, 5) is 0. The second-order valence-corrected chi connectivity index (χ2v) is 3.91. The molecule has 0 bridgehead atoms. The molecule has 0 saturated carbocycles. The van der Waals surface area contributed by atoms with Crippen molar-refractivity contribution in [2.24, 2.45) is 5.73 Å². The number of hydrogen-bond acceptors (Lipinski definition) is 2. The lowest BCUT2D eigenvalue weighted by atomic mass is 10.00. The molecule has 1 aromatic carbocycles. The average Bonchev–Trinajstić information content (AvgIpc) is 2.13. The van der Waals surface area contributed by atoms with E-state index in [1.807, 2.05) is 25.1 Å². The number of aliphatic hydroxyl groups is 1. The van der Waals surface area contributed by atoms with E-state index < -0.39 is 0 Å². The number of nitrogens with two attached hydrogens (primary N) is 1. The first-order valence-electron chi connectivity index (χ1n) is 4.75. The topological polar surface area (TPSA) is 46.2 Å². The lowest BCUT2D eigenvalue weighted by Gasteiger charge is -2.12. The van der Waals surface area contributed by atoms with Crippen LogP contribution < -0.4 is 5.73 Å². The van der Waals surface area contributed by atoms with E-state index in [0.29, 0.717) is 6.42 Å². The van der Waals surface area contributed by atoms with E-state index in [2.05, 4.69) is 0 Å². The van der Waals surface area contributed by atoms with Crippen molar-refractivity contribution in [3.05, 3.63) is 34.3 Å². The van der Waals surface area contributed by atoms with Gasteiger partial charge in [-0.1, -0.05) is 23.7 Å². The highest BCUT2D eigenvalue weighted by Crippen LogP contribution is 2.19. The number of rotatable bonds is 4. The monoisotopic (exact) mass is 213 g/mol. The molecular weight excluding hydrogens is 198 g/mol. The lowest BCUT2D eigenvalue weighted by molar-refractivity contribution is 0.275. The molecule has 0 aliphatic rings. The zero-order valence-electron chi connectivity index (χ0n) is 8.33. The molecule has 2 nitrogen and oxygen atoms in total. The van der Waals surface area contributed by atoms with E-state index >= 15 is 0 Å². The lowest BCUT2D eigenvalue weighted by Crippen LogP contribution is -2.24. The van der Waals surface area contributed by atoms with Crippen molar-refractivity contribution >= 4 is 11.6 Å². The van der Waals surface area contributed by atoms with Gasteiger partial charge < -0.3 is 10.8 Å². The standard InChI is InChI=1S/C11H16ClNO/c1-8-9(3-2-4-11(8)12)7-10(13)5-6-14/h2-4,10,14H,5-7,13H2,1H3. The van der Waals surface area contributed by atoms with Crippen LogP contribution >= 0.6 is 11.6 Å². The predicted octanol–water partition coefficient (Wildman–Crippen LogP) is 1.90. The summed E-state index contributed by atoms with van der Waals surface area (Å²) in [6.07, 6.45) is 1.40. The van der Waals surface area contributed by atoms with Crippen molar-refractivity contribution in [1.29, 1.82) is 0 Å². The summed E-state index contributed by atoms with van der Waals surface area (Å²) in [6.45, 7) is 2.13. The Kier molecular flexibility index (Phi) is 4.39. The van der Waals surface area contributed by atoms with Crippen molar-refractivity contribution in [1.82, 2.24) is 0 Å². The average molecular weight is 214 g/mol. The van der Waals surface area contributed by atoms with Gasteiger partial charge in [-0.2, -0.15) is 0 Å². The van der Waals surface area contributed by atoms with Gasteiger partial charge >= 0.3 is 0 Å². The van der Waals surface area contributed by atoms with Gasteiger partial charge in [0, 0.05) is 17.7 Å². The fourth-order valence-electron chi connectivity index (χ4n) is 1.42. The Hall–Kier alpha value is -0.570. The molecule has 0 aromatic heterocycles. The number of halogens is 1. The van der Waals surface area contributed by atoms with Gasteiger partial charge in [0.25, 0.3) is 0 Å². The van der Waals surface area contributed by atoms with E-state index in [1.54, 1.807) is 0 Å². The Morgan fingerprint density at radius 1 is 1.50 bits per heavy atom. The minimum Gasteiger partial charge on any atom is -0.396 e. The Morgan fingerprint density at radius 3 is 2.86 bits per heavy atom. The molecule has 1 atom stereocenters. The van der Waals surface area contributed by atoms with Crippen molar-refractivity contribution in [2.45, 2.75) is 25.8 Å². The van der Waals surface area contributed by atoms with Gasteiger partial charge in [0.05, 0.1) is 0 Å². The second kappa shape index (κ2) is 5.35. The molecule has 0 heterocycles. The van der Waals surface area contributed by atoms with Crippen molar-refractivity contribution in [3.8, 4) is 0 Å². The number of aliphatic hydroxyl groups excluding tert-OH is 1. The third kappa shape index (κ3) is 2.98. The van der Waals surface area contributed by atoms with Crippen LogP contribution in [0.5, 0.6) is 0 Å². The highest BCUT2D eigenvalue weighted by atomic mass is 35.5. The van der Waals surface area contributed by atoms with Gasteiger partial charge in [0.1, 0.15) is 0 Å². The Bertz CT molecular complexity index is 301. The van der Waals surface area contributed by atoms with Gasteiger partial charge in [-0.25, -0.2) is 0 Å². The van der Waals surface area contributed by atoms with Crippen LogP contribution in [-0.2, 0) is 6.42 Å². The SMILES string of the molecule is Cc1c(Cl)cccc1CC(N)CCO. The molecule has 0 aliphatic carbocycles. The van der Waals surface area contributed by atoms with Crippen molar-refractivity contribution < 1.29 is 5.11 Å². The summed E-state index contributed by atoms with van der Waals surface area (Å²) < 4.78 is 0. The van der Waals surface area contributed by atoms with E-state index in [9.17, 15) is 0 Å². The first-order valence-corrected chi connectivity index (χ1v) is 5.13. The van der Waals surface area contributed by atoms with Crippen LogP contribution in [-0.4, -0.2) is 17.8 Å². The second-order valence-electron chi connectivity index (χ2n) is 3.50. The maximum atomic E-state index is 8.73. The van der Waals surface area contributed by atoms with Crippen LogP contribution in [0.1, 0.15) is 17.5 Å². The summed E-state index contributed by atoms with van der Waals surface area (Å²) in [7, 11) is 0. The quantitative estimate of drug-likeness (QED) is 0.803. The van der Waals surface area contributed by atoms with E-state index in [0.717, 1.165) is 17.0 Å². The Morgan fingerprint density at radius 2 is 2.21 bits per heavy atom. The Balaban J connectivity index is 2.71. The number of hydrogen-bond donors (Lipinski definition) is 2. The van der Waals surface area contributed by atoms with Gasteiger partial charge in [-0.15, -0.1) is 0 Å². The van der Waals surface area contributed by atoms with Crippen LogP contribution in [0.4, 0.5) is 0 Å². The molecule has 3 N–H and O–H groups in total. The molecule has 0 amide bonds. The largest absolute Gasteiger partial charge is 0.396 e. The molecule has 0 spiro atoms. The fraction of sp³-hybridized carbons (Fsp3) is 0.455. The van der Waals surface area contributed by atoms with Crippen molar-refractivity contribution in [2.75, 3.05) is 6.61 Å². The third-order valence-electron chi connectivity index (χ3n) is 2.36. The minimum atomic E-state index is 0.0113. The minimum absolute atomic E-state index is 0.0113. The van der Waals surface area contributed by atoms with Gasteiger partial charge in [-0.3, -0.25) is 0 Å². The molecule has 3 heteroatoms. The van der Waals surface area contributed by atoms with Gasteiger partial charge in [0.2, 0.25) is 0 Å². The van der Waals surface area contributed by atoms with Crippen LogP contribution in [0.3, 0.4) is 0 Å². The predicted molar refractivity (Wildman–Crippen MR) is 59.6 cm³/mol. The summed E-state index contributed by atoms with van der Waals surface area (Å²) in [5.41, 5.74) is 8.08. The maximum Gasteiger partial charge on any atom is 0.0445 e. The van der Waals surface area contributed by atoms with Gasteiger partial charge in [-0.05, 0) is 37.0 Å². The summed E-state index contributed by atoms with van der Waals surface area (Å²) in [5, 5.41) is 9.51. The molecule has 0 radical (unpaired) electrons. The first kappa shape index (κ1) is 11.5. The normalized spacial score (nSPS) is 12.9. The smallest absolute Gasteiger partial charge is 0.0445 e. The maximum absolute atomic E-state index is 8.73. The van der Waals surface area contributed by atoms with Crippen molar-refractivity contribution in [3.63, 3.8) is 0 Å². The van der Waals surface area contributed by atoms with E-state index in [1.165, 1.54) is 5.56 Å². The van der Waals surface area contributed by atoms with E-state index in [-0.39, 0.29) is 12.6 Å². The van der Waals surface area contributed by atoms with Crippen LogP contribution in [0.25, 0.3) is 0 Å². The van der Waals surface area contributed by atoms with Crippen LogP contribution in [0, 0.1) is 6.92 Å². The van der Waals surface area contributed by atoms with Crippen LogP contribution in [0.15, 0.2) is 18.2 Å². The summed E-state index contributed by atoms with van der Waals surface area (Å²) >= 11 is 5.98. The first-order chi connectivity index (χ1) is 6.65. The fourth-order valence-corrected chi connectivity index (χ4v) is 1.62. The molecule has 78 valence electrons. The molecular formula is C11H16ClNO. The Labute approximate surface area is 89.7 Å². The zero-order valence-corrected chi connectivity index (χ0v) is 9.09. The number of benzene rings is 1.